The molecule has 1 amide bonds. The summed E-state index contributed by atoms with van der Waals surface area (Å²) in [5.74, 6) is 1.61. The number of imidazole rings is 1. The van der Waals surface area contributed by atoms with Gasteiger partial charge < -0.3 is 14.6 Å². The van der Waals surface area contributed by atoms with E-state index in [0.717, 1.165) is 30.7 Å². The first-order chi connectivity index (χ1) is 14.7. The number of ether oxygens (including phenoxy) is 1. The summed E-state index contributed by atoms with van der Waals surface area (Å²) in [5.41, 5.74) is 2.83. The highest BCUT2D eigenvalue weighted by atomic mass is 16.5. The maximum atomic E-state index is 12.5. The number of hydrogen-bond acceptors (Lipinski definition) is 3. The molecule has 0 saturated heterocycles. The number of hydrogen-bond donors (Lipinski definition) is 1. The lowest BCUT2D eigenvalue weighted by atomic mass is 10.1. The summed E-state index contributed by atoms with van der Waals surface area (Å²) in [5, 5.41) is 3.01. The smallest absolute Gasteiger partial charge is 0.255 e. The van der Waals surface area contributed by atoms with Crippen LogP contribution in [0.4, 0.5) is 0 Å². The van der Waals surface area contributed by atoms with E-state index >= 15 is 0 Å². The molecular weight excluding hydrogens is 374 g/mol. The second kappa shape index (κ2) is 11.4. The largest absolute Gasteiger partial charge is 0.496 e. The molecule has 0 bridgehead atoms. The average molecular weight is 408 g/mol. The minimum atomic E-state index is -0.100. The van der Waals surface area contributed by atoms with Gasteiger partial charge in [-0.2, -0.15) is 0 Å². The van der Waals surface area contributed by atoms with E-state index in [1.54, 1.807) is 19.2 Å². The molecule has 0 saturated carbocycles. The Labute approximate surface area is 179 Å². The first kappa shape index (κ1) is 21.9. The van der Waals surface area contributed by atoms with Gasteiger partial charge in [-0.25, -0.2) is 4.98 Å². The van der Waals surface area contributed by atoms with Crippen molar-refractivity contribution in [2.45, 2.75) is 58.4 Å². The fourth-order valence-corrected chi connectivity index (χ4v) is 3.82. The molecule has 3 rings (SSSR count). The molecule has 0 aliphatic heterocycles. The molecule has 0 radical (unpaired) electrons. The fourth-order valence-electron chi connectivity index (χ4n) is 3.82. The first-order valence-corrected chi connectivity index (χ1v) is 11.1. The SMILES string of the molecule is CCCCCCCn1c(CCCNC(=O)c2ccccc2OC)nc2ccccc21. The van der Waals surface area contributed by atoms with Gasteiger partial charge in [-0.1, -0.05) is 56.9 Å². The third-order valence-electron chi connectivity index (χ3n) is 5.43. The van der Waals surface area contributed by atoms with Crippen LogP contribution >= 0.6 is 0 Å². The van der Waals surface area contributed by atoms with Crippen molar-refractivity contribution < 1.29 is 9.53 Å². The molecule has 30 heavy (non-hydrogen) atoms. The highest BCUT2D eigenvalue weighted by Gasteiger charge is 2.12. The van der Waals surface area contributed by atoms with E-state index in [-0.39, 0.29) is 5.91 Å². The number of aryl methyl sites for hydroxylation is 2. The van der Waals surface area contributed by atoms with Crippen molar-refractivity contribution >= 4 is 16.9 Å². The molecule has 160 valence electrons. The molecule has 0 aliphatic carbocycles. The summed E-state index contributed by atoms with van der Waals surface area (Å²) >= 11 is 0. The van der Waals surface area contributed by atoms with Crippen LogP contribution in [0.1, 0.15) is 61.6 Å². The summed E-state index contributed by atoms with van der Waals surface area (Å²) in [6.07, 6.45) is 8.00. The highest BCUT2D eigenvalue weighted by molar-refractivity contribution is 5.96. The number of carbonyl (C=O) groups excluding carboxylic acids is 1. The lowest BCUT2D eigenvalue weighted by molar-refractivity contribution is 0.0950. The normalized spacial score (nSPS) is 11.0. The van der Waals surface area contributed by atoms with Gasteiger partial charge in [-0.05, 0) is 37.1 Å². The molecule has 3 aromatic rings. The van der Waals surface area contributed by atoms with Crippen LogP contribution in [0.2, 0.25) is 0 Å². The van der Waals surface area contributed by atoms with Crippen molar-refractivity contribution in [1.82, 2.24) is 14.9 Å². The number of nitrogens with one attached hydrogen (secondary N) is 1. The topological polar surface area (TPSA) is 56.2 Å². The van der Waals surface area contributed by atoms with E-state index in [0.29, 0.717) is 17.9 Å². The molecule has 1 aromatic heterocycles. The average Bonchev–Trinajstić information content (AvgIpc) is 3.13. The van der Waals surface area contributed by atoms with Gasteiger partial charge in [-0.15, -0.1) is 0 Å². The van der Waals surface area contributed by atoms with Crippen molar-refractivity contribution in [1.29, 1.82) is 0 Å². The number of aromatic nitrogens is 2. The Morgan fingerprint density at radius 1 is 1.00 bits per heavy atom. The van der Waals surface area contributed by atoms with Crippen LogP contribution in [-0.4, -0.2) is 29.1 Å². The van der Waals surface area contributed by atoms with Gasteiger partial charge in [-0.3, -0.25) is 4.79 Å². The minimum absolute atomic E-state index is 0.100. The van der Waals surface area contributed by atoms with Crippen LogP contribution in [0.25, 0.3) is 11.0 Å². The number of unbranched alkanes of at least 4 members (excludes halogenated alkanes) is 4. The van der Waals surface area contributed by atoms with Gasteiger partial charge in [0.15, 0.2) is 0 Å². The molecule has 5 heteroatoms. The summed E-state index contributed by atoms with van der Waals surface area (Å²) in [7, 11) is 1.58. The Morgan fingerprint density at radius 2 is 1.77 bits per heavy atom. The third-order valence-corrected chi connectivity index (χ3v) is 5.43. The van der Waals surface area contributed by atoms with Crippen LogP contribution in [0.5, 0.6) is 5.75 Å². The van der Waals surface area contributed by atoms with E-state index in [1.165, 1.54) is 37.6 Å². The Hall–Kier alpha value is -2.82. The molecule has 5 nitrogen and oxygen atoms in total. The number of amides is 1. The summed E-state index contributed by atoms with van der Waals surface area (Å²) in [6.45, 7) is 3.86. The molecule has 1 N–H and O–H groups in total. The van der Waals surface area contributed by atoms with E-state index in [2.05, 4.69) is 35.0 Å². The number of methoxy groups -OCH3 is 1. The summed E-state index contributed by atoms with van der Waals surface area (Å²) < 4.78 is 7.64. The van der Waals surface area contributed by atoms with Crippen LogP contribution in [-0.2, 0) is 13.0 Å². The molecule has 0 unspecified atom stereocenters. The van der Waals surface area contributed by atoms with Crippen LogP contribution < -0.4 is 10.1 Å². The lowest BCUT2D eigenvalue weighted by Gasteiger charge is -2.11. The van der Waals surface area contributed by atoms with Crippen LogP contribution in [0.15, 0.2) is 48.5 Å². The number of carbonyl (C=O) groups is 1. The van der Waals surface area contributed by atoms with Crippen molar-refractivity contribution in [3.8, 4) is 5.75 Å². The van der Waals surface area contributed by atoms with E-state index < -0.39 is 0 Å². The van der Waals surface area contributed by atoms with Crippen molar-refractivity contribution in [3.05, 3.63) is 59.9 Å². The lowest BCUT2D eigenvalue weighted by Crippen LogP contribution is -2.25. The molecule has 0 spiro atoms. The minimum Gasteiger partial charge on any atom is -0.496 e. The zero-order valence-corrected chi connectivity index (χ0v) is 18.2. The van der Waals surface area contributed by atoms with Gasteiger partial charge in [0.1, 0.15) is 11.6 Å². The molecule has 2 aromatic carbocycles. The van der Waals surface area contributed by atoms with Crippen LogP contribution in [0, 0.1) is 0 Å². The van der Waals surface area contributed by atoms with E-state index in [9.17, 15) is 4.79 Å². The quantitative estimate of drug-likeness (QED) is 0.410. The molecule has 0 aliphatic rings. The molecule has 0 fully saturated rings. The molecule has 0 atom stereocenters. The van der Waals surface area contributed by atoms with Crippen molar-refractivity contribution in [2.75, 3.05) is 13.7 Å². The predicted molar refractivity (Wildman–Crippen MR) is 122 cm³/mol. The number of fused-ring (bicyclic) bond motifs is 1. The predicted octanol–water partition coefficient (Wildman–Crippen LogP) is 5.38. The zero-order chi connectivity index (χ0) is 21.2. The van der Waals surface area contributed by atoms with Gasteiger partial charge in [0.05, 0.1) is 23.7 Å². The van der Waals surface area contributed by atoms with Crippen LogP contribution in [0.3, 0.4) is 0 Å². The monoisotopic (exact) mass is 407 g/mol. The maximum absolute atomic E-state index is 12.5. The number of nitrogens with zero attached hydrogens (tertiary/aromatic N) is 2. The van der Waals surface area contributed by atoms with E-state index in [1.807, 2.05) is 18.2 Å². The second-order valence-electron chi connectivity index (χ2n) is 7.64. The van der Waals surface area contributed by atoms with Crippen molar-refractivity contribution in [3.63, 3.8) is 0 Å². The van der Waals surface area contributed by atoms with Gasteiger partial charge >= 0.3 is 0 Å². The first-order valence-electron chi connectivity index (χ1n) is 11.1. The Bertz CT molecular complexity index is 948. The van der Waals surface area contributed by atoms with Gasteiger partial charge in [0.25, 0.3) is 5.91 Å². The van der Waals surface area contributed by atoms with Gasteiger partial charge in [0.2, 0.25) is 0 Å². The van der Waals surface area contributed by atoms with Gasteiger partial charge in [0, 0.05) is 19.5 Å². The Morgan fingerprint density at radius 3 is 2.60 bits per heavy atom. The fraction of sp³-hybridized carbons (Fsp3) is 0.440. The zero-order valence-electron chi connectivity index (χ0n) is 18.2. The highest BCUT2D eigenvalue weighted by Crippen LogP contribution is 2.19. The number of rotatable bonds is 12. The van der Waals surface area contributed by atoms with E-state index in [4.69, 9.17) is 9.72 Å². The third kappa shape index (κ3) is 5.62. The summed E-state index contributed by atoms with van der Waals surface area (Å²) in [6, 6.07) is 15.6. The molecule has 1 heterocycles. The number of para-hydroxylation sites is 3. The second-order valence-corrected chi connectivity index (χ2v) is 7.64. The number of benzene rings is 2. The summed E-state index contributed by atoms with van der Waals surface area (Å²) in [4.78, 5) is 17.3. The maximum Gasteiger partial charge on any atom is 0.255 e. The Kier molecular flexibility index (Phi) is 8.30. The molecular formula is C25H33N3O2. The standard InChI is InChI=1S/C25H33N3O2/c1-3-4-5-6-11-19-28-22-15-9-8-14-21(22)27-24(28)17-12-18-26-25(29)20-13-7-10-16-23(20)30-2/h7-10,13-16H,3-6,11-12,17-19H2,1-2H3,(H,26,29). The Balaban J connectivity index is 1.57. The van der Waals surface area contributed by atoms with Crippen molar-refractivity contribution in [2.24, 2.45) is 0 Å².